The van der Waals surface area contributed by atoms with Crippen LogP contribution in [0.1, 0.15) is 25.3 Å². The maximum absolute atomic E-state index is 13.4. The van der Waals surface area contributed by atoms with Crippen molar-refractivity contribution in [2.24, 2.45) is 5.92 Å². The van der Waals surface area contributed by atoms with Crippen molar-refractivity contribution >= 4 is 21.1 Å². The van der Waals surface area contributed by atoms with E-state index in [0.29, 0.717) is 23.5 Å². The Morgan fingerprint density at radius 1 is 1.08 bits per heavy atom. The van der Waals surface area contributed by atoms with Crippen LogP contribution in [0.2, 0.25) is 0 Å². The highest BCUT2D eigenvalue weighted by Gasteiger charge is 2.38. The minimum atomic E-state index is -3.69. The normalized spacial score (nSPS) is 16.2. The van der Waals surface area contributed by atoms with E-state index in [1.807, 2.05) is 37.3 Å². The zero-order valence-corrected chi connectivity index (χ0v) is 15.3. The Morgan fingerprint density at radius 3 is 2.46 bits per heavy atom. The second-order valence-corrected chi connectivity index (χ2v) is 8.79. The van der Waals surface area contributed by atoms with Gasteiger partial charge in [0.25, 0.3) is 0 Å². The van der Waals surface area contributed by atoms with Gasteiger partial charge in [-0.1, -0.05) is 30.3 Å². The number of nitrogens with one attached hydrogen (secondary N) is 2. The summed E-state index contributed by atoms with van der Waals surface area (Å²) < 4.78 is 28.4. The molecule has 1 aliphatic carbocycles. The fourth-order valence-corrected chi connectivity index (χ4v) is 5.04. The number of aromatic amines is 2. The minimum absolute atomic E-state index is 0.0684. The molecule has 1 fully saturated rings. The Hall–Kier alpha value is -2.38. The summed E-state index contributed by atoms with van der Waals surface area (Å²) in [5.74, 6) is 0.407. The number of imidazole rings is 1. The number of benzene rings is 2. The Labute approximate surface area is 151 Å². The molecule has 1 atom stereocenters. The van der Waals surface area contributed by atoms with Crippen molar-refractivity contribution in [1.29, 1.82) is 0 Å². The Morgan fingerprint density at radius 2 is 1.77 bits per heavy atom. The molecule has 0 aliphatic heterocycles. The molecule has 2 N–H and O–H groups in total. The van der Waals surface area contributed by atoms with Crippen LogP contribution in [0.3, 0.4) is 0 Å². The molecule has 0 saturated heterocycles. The quantitative estimate of drug-likeness (QED) is 0.699. The smallest absolute Gasteiger partial charge is 0.306 e. The molecule has 0 bridgehead atoms. The topological polar surface area (TPSA) is 86.0 Å². The molecule has 0 amide bonds. The molecule has 3 aromatic rings. The van der Waals surface area contributed by atoms with Gasteiger partial charge in [0, 0.05) is 12.6 Å². The minimum Gasteiger partial charge on any atom is -0.306 e. The van der Waals surface area contributed by atoms with Crippen molar-refractivity contribution in [3.05, 3.63) is 64.6 Å². The van der Waals surface area contributed by atoms with Gasteiger partial charge in [0.15, 0.2) is 0 Å². The van der Waals surface area contributed by atoms with Gasteiger partial charge in [-0.3, -0.25) is 0 Å². The Balaban J connectivity index is 1.75. The molecule has 2 aromatic carbocycles. The van der Waals surface area contributed by atoms with Crippen LogP contribution < -0.4 is 5.69 Å². The van der Waals surface area contributed by atoms with Gasteiger partial charge in [0.1, 0.15) is 0 Å². The van der Waals surface area contributed by atoms with Crippen LogP contribution in [0.4, 0.5) is 0 Å². The average molecular weight is 371 g/mol. The molecular formula is C19H21N3O3S. The van der Waals surface area contributed by atoms with Crippen molar-refractivity contribution < 1.29 is 8.42 Å². The van der Waals surface area contributed by atoms with Crippen LogP contribution >= 0.6 is 0 Å². The van der Waals surface area contributed by atoms with Crippen LogP contribution in [0.5, 0.6) is 0 Å². The third kappa shape index (κ3) is 3.20. The summed E-state index contributed by atoms with van der Waals surface area (Å²) >= 11 is 0. The first-order chi connectivity index (χ1) is 12.4. The summed E-state index contributed by atoms with van der Waals surface area (Å²) in [6.07, 6.45) is 2.12. The van der Waals surface area contributed by atoms with E-state index in [0.717, 1.165) is 18.4 Å². The zero-order valence-electron chi connectivity index (χ0n) is 14.5. The van der Waals surface area contributed by atoms with E-state index in [2.05, 4.69) is 9.97 Å². The van der Waals surface area contributed by atoms with Gasteiger partial charge in [-0.25, -0.2) is 13.2 Å². The summed E-state index contributed by atoms with van der Waals surface area (Å²) in [5.41, 5.74) is 1.70. The highest BCUT2D eigenvalue weighted by atomic mass is 32.2. The van der Waals surface area contributed by atoms with Gasteiger partial charge in [-0.05, 0) is 49.4 Å². The summed E-state index contributed by atoms with van der Waals surface area (Å²) in [7, 11) is -3.69. The summed E-state index contributed by atoms with van der Waals surface area (Å²) in [5, 5.41) is 0. The fourth-order valence-electron chi connectivity index (χ4n) is 3.33. The summed E-state index contributed by atoms with van der Waals surface area (Å²) in [4.78, 5) is 16.9. The Bertz CT molecular complexity index is 1080. The third-order valence-electron chi connectivity index (χ3n) is 5.03. The van der Waals surface area contributed by atoms with Gasteiger partial charge in [-0.15, -0.1) is 0 Å². The summed E-state index contributed by atoms with van der Waals surface area (Å²) in [6.45, 7) is 2.32. The van der Waals surface area contributed by atoms with Crippen LogP contribution in [0, 0.1) is 5.92 Å². The zero-order chi connectivity index (χ0) is 18.3. The standard InChI is InChI=1S/C19H21N3O3S/c1-13(15-7-8-15)22(12-14-5-3-2-4-6-14)26(24,25)16-9-10-17-18(11-16)21-19(23)20-17/h2-6,9-11,13,15H,7-8,12H2,1H3,(H2,20,21,23)/t13-/m0/s1. The van der Waals surface area contributed by atoms with Gasteiger partial charge in [-0.2, -0.15) is 4.31 Å². The molecule has 1 heterocycles. The van der Waals surface area contributed by atoms with E-state index in [1.165, 1.54) is 6.07 Å². The lowest BCUT2D eigenvalue weighted by molar-refractivity contribution is 0.303. The second-order valence-electron chi connectivity index (χ2n) is 6.90. The van der Waals surface area contributed by atoms with E-state index >= 15 is 0 Å². The number of rotatable bonds is 6. The largest absolute Gasteiger partial charge is 0.323 e. The number of hydrogen-bond acceptors (Lipinski definition) is 3. The molecule has 1 aliphatic rings. The van der Waals surface area contributed by atoms with E-state index in [9.17, 15) is 13.2 Å². The first-order valence-electron chi connectivity index (χ1n) is 8.73. The molecular weight excluding hydrogens is 350 g/mol. The molecule has 26 heavy (non-hydrogen) atoms. The number of aromatic nitrogens is 2. The number of H-pyrrole nitrogens is 2. The van der Waals surface area contributed by atoms with E-state index in [1.54, 1.807) is 16.4 Å². The van der Waals surface area contributed by atoms with Gasteiger partial charge >= 0.3 is 5.69 Å². The second kappa shape index (κ2) is 6.41. The molecule has 4 rings (SSSR count). The highest BCUT2D eigenvalue weighted by Crippen LogP contribution is 2.38. The van der Waals surface area contributed by atoms with Crippen molar-refractivity contribution in [2.75, 3.05) is 0 Å². The third-order valence-corrected chi connectivity index (χ3v) is 6.96. The van der Waals surface area contributed by atoms with E-state index < -0.39 is 10.0 Å². The first kappa shape index (κ1) is 17.1. The van der Waals surface area contributed by atoms with Crippen molar-refractivity contribution in [1.82, 2.24) is 14.3 Å². The number of sulfonamides is 1. The monoisotopic (exact) mass is 371 g/mol. The van der Waals surface area contributed by atoms with Crippen LogP contribution in [-0.2, 0) is 16.6 Å². The SMILES string of the molecule is C[C@@H](C1CC1)N(Cc1ccccc1)S(=O)(=O)c1ccc2[nH]c(=O)[nH]c2c1. The molecule has 136 valence electrons. The summed E-state index contributed by atoms with van der Waals surface area (Å²) in [6, 6.07) is 14.3. The van der Waals surface area contributed by atoms with Crippen LogP contribution in [0.25, 0.3) is 11.0 Å². The predicted molar refractivity (Wildman–Crippen MR) is 100 cm³/mol. The molecule has 7 heteroatoms. The molecule has 0 spiro atoms. The lowest BCUT2D eigenvalue weighted by Gasteiger charge is -2.28. The van der Waals surface area contributed by atoms with E-state index in [-0.39, 0.29) is 16.6 Å². The predicted octanol–water partition coefficient (Wildman–Crippen LogP) is 2.85. The van der Waals surface area contributed by atoms with Gasteiger partial charge in [0.05, 0.1) is 15.9 Å². The highest BCUT2D eigenvalue weighted by molar-refractivity contribution is 7.89. The molecule has 6 nitrogen and oxygen atoms in total. The first-order valence-corrected chi connectivity index (χ1v) is 10.2. The fraction of sp³-hybridized carbons (Fsp3) is 0.316. The molecule has 0 unspecified atom stereocenters. The van der Waals surface area contributed by atoms with Crippen LogP contribution in [0.15, 0.2) is 58.2 Å². The Kier molecular flexibility index (Phi) is 4.20. The maximum Gasteiger partial charge on any atom is 0.323 e. The maximum atomic E-state index is 13.4. The van der Waals surface area contributed by atoms with Crippen LogP contribution in [-0.4, -0.2) is 28.7 Å². The van der Waals surface area contributed by atoms with Crippen molar-refractivity contribution in [2.45, 2.75) is 37.2 Å². The molecule has 0 radical (unpaired) electrons. The lowest BCUT2D eigenvalue weighted by Crippen LogP contribution is -2.39. The van der Waals surface area contributed by atoms with Crippen molar-refractivity contribution in [3.63, 3.8) is 0 Å². The lowest BCUT2D eigenvalue weighted by atomic mass is 10.2. The number of fused-ring (bicyclic) bond motifs is 1. The van der Waals surface area contributed by atoms with Gasteiger partial charge in [0.2, 0.25) is 10.0 Å². The van der Waals surface area contributed by atoms with Gasteiger partial charge < -0.3 is 9.97 Å². The molecule has 1 saturated carbocycles. The number of nitrogens with zero attached hydrogens (tertiary/aromatic N) is 1. The van der Waals surface area contributed by atoms with E-state index in [4.69, 9.17) is 0 Å². The number of hydrogen-bond donors (Lipinski definition) is 2. The molecule has 1 aromatic heterocycles. The average Bonchev–Trinajstić information content (AvgIpc) is 3.40. The van der Waals surface area contributed by atoms with Crippen molar-refractivity contribution in [3.8, 4) is 0 Å².